The predicted octanol–water partition coefficient (Wildman–Crippen LogP) is 3.97. The summed E-state index contributed by atoms with van der Waals surface area (Å²) < 4.78 is 16.6. The van der Waals surface area contributed by atoms with Crippen molar-refractivity contribution in [3.63, 3.8) is 0 Å². The van der Waals surface area contributed by atoms with Crippen molar-refractivity contribution in [2.24, 2.45) is 0 Å². The fourth-order valence-electron chi connectivity index (χ4n) is 4.57. The molecule has 2 heterocycles. The Morgan fingerprint density at radius 2 is 1.45 bits per heavy atom. The molecule has 0 amide bonds. The van der Waals surface area contributed by atoms with E-state index < -0.39 is 0 Å². The molecule has 0 radical (unpaired) electrons. The smallest absolute Gasteiger partial charge is 0.203 e. The van der Waals surface area contributed by atoms with Gasteiger partial charge in [0.1, 0.15) is 0 Å². The lowest BCUT2D eigenvalue weighted by molar-refractivity contribution is 0.121. The summed E-state index contributed by atoms with van der Waals surface area (Å²) in [6.07, 6.45) is 5.30. The molecule has 2 aliphatic rings. The molecule has 1 saturated heterocycles. The molecule has 0 atom stereocenters. The maximum Gasteiger partial charge on any atom is 0.203 e. The zero-order chi connectivity index (χ0) is 20.2. The number of piperazine rings is 1. The highest BCUT2D eigenvalue weighted by atomic mass is 32.1. The van der Waals surface area contributed by atoms with Crippen molar-refractivity contribution in [3.8, 4) is 17.2 Å². The highest BCUT2D eigenvalue weighted by Gasteiger charge is 2.23. The van der Waals surface area contributed by atoms with Crippen LogP contribution in [0.15, 0.2) is 17.5 Å². The lowest BCUT2D eigenvalue weighted by Gasteiger charge is -2.35. The third kappa shape index (κ3) is 4.39. The second-order valence-electron chi connectivity index (χ2n) is 7.92. The number of benzene rings is 1. The number of hydrogen-bond acceptors (Lipinski definition) is 6. The van der Waals surface area contributed by atoms with Gasteiger partial charge in [-0.15, -0.1) is 11.3 Å². The van der Waals surface area contributed by atoms with Crippen LogP contribution < -0.4 is 14.2 Å². The van der Waals surface area contributed by atoms with E-state index in [4.69, 9.17) is 14.2 Å². The number of ether oxygens (including phenoxy) is 3. The Morgan fingerprint density at radius 3 is 2.10 bits per heavy atom. The largest absolute Gasteiger partial charge is 0.493 e. The normalized spacial score (nSPS) is 17.8. The average molecular weight is 417 g/mol. The Labute approximate surface area is 178 Å². The van der Waals surface area contributed by atoms with Crippen molar-refractivity contribution < 1.29 is 14.2 Å². The fourth-order valence-corrected chi connectivity index (χ4v) is 5.71. The summed E-state index contributed by atoms with van der Waals surface area (Å²) in [5.41, 5.74) is 4.39. The van der Waals surface area contributed by atoms with Gasteiger partial charge in [0.05, 0.1) is 21.3 Å². The summed E-state index contributed by atoms with van der Waals surface area (Å²) in [5.74, 6) is 2.16. The third-order valence-corrected chi connectivity index (χ3v) is 7.32. The van der Waals surface area contributed by atoms with Gasteiger partial charge in [-0.2, -0.15) is 0 Å². The van der Waals surface area contributed by atoms with Crippen molar-refractivity contribution >= 4 is 11.3 Å². The summed E-state index contributed by atoms with van der Waals surface area (Å²) in [4.78, 5) is 6.76. The first kappa shape index (κ1) is 20.5. The first-order valence-corrected chi connectivity index (χ1v) is 11.4. The summed E-state index contributed by atoms with van der Waals surface area (Å²) in [7, 11) is 5.01. The molecule has 1 aromatic heterocycles. The molecule has 0 spiro atoms. The topological polar surface area (TPSA) is 34.2 Å². The predicted molar refractivity (Wildman–Crippen MR) is 118 cm³/mol. The number of rotatable bonds is 7. The van der Waals surface area contributed by atoms with Crippen LogP contribution in [0.2, 0.25) is 0 Å². The standard InChI is InChI=1S/C23H32N2O3S/c1-26-20-9-8-17(22(27-2)23(20)28-3)14-24-10-12-25(13-11-24)15-18-16-29-21-7-5-4-6-19(18)21/h8-9,16H,4-7,10-15H2,1-3H3. The molecule has 1 aliphatic heterocycles. The van der Waals surface area contributed by atoms with E-state index in [0.29, 0.717) is 11.5 Å². The molecule has 4 rings (SSSR count). The van der Waals surface area contributed by atoms with Crippen molar-refractivity contribution in [2.75, 3.05) is 47.5 Å². The van der Waals surface area contributed by atoms with Crippen molar-refractivity contribution in [3.05, 3.63) is 39.1 Å². The summed E-state index contributed by atoms with van der Waals surface area (Å²) in [6.45, 7) is 6.35. The monoisotopic (exact) mass is 416 g/mol. The molecule has 1 aliphatic carbocycles. The van der Waals surface area contributed by atoms with Gasteiger partial charge in [0, 0.05) is 49.7 Å². The van der Waals surface area contributed by atoms with Crippen LogP contribution in [0.4, 0.5) is 0 Å². The van der Waals surface area contributed by atoms with Gasteiger partial charge in [-0.05, 0) is 48.3 Å². The number of nitrogens with zero attached hydrogens (tertiary/aromatic N) is 2. The number of thiophene rings is 1. The lowest BCUT2D eigenvalue weighted by Crippen LogP contribution is -2.45. The maximum absolute atomic E-state index is 5.65. The maximum atomic E-state index is 5.65. The lowest BCUT2D eigenvalue weighted by atomic mass is 9.95. The summed E-state index contributed by atoms with van der Waals surface area (Å²) >= 11 is 1.98. The summed E-state index contributed by atoms with van der Waals surface area (Å²) in [6, 6.07) is 4.05. The zero-order valence-electron chi connectivity index (χ0n) is 17.8. The van der Waals surface area contributed by atoms with Gasteiger partial charge in [-0.1, -0.05) is 6.07 Å². The van der Waals surface area contributed by atoms with Crippen molar-refractivity contribution in [2.45, 2.75) is 38.8 Å². The van der Waals surface area contributed by atoms with Gasteiger partial charge in [-0.3, -0.25) is 9.80 Å². The highest BCUT2D eigenvalue weighted by molar-refractivity contribution is 7.10. The van der Waals surface area contributed by atoms with Gasteiger partial charge < -0.3 is 14.2 Å². The molecule has 0 unspecified atom stereocenters. The van der Waals surface area contributed by atoms with E-state index in [0.717, 1.165) is 50.6 Å². The van der Waals surface area contributed by atoms with Crippen LogP contribution >= 0.6 is 11.3 Å². The molecule has 158 valence electrons. The zero-order valence-corrected chi connectivity index (χ0v) is 18.6. The molecule has 29 heavy (non-hydrogen) atoms. The first-order chi connectivity index (χ1) is 14.2. The fraction of sp³-hybridized carbons (Fsp3) is 0.565. The Bertz CT molecular complexity index is 828. The van der Waals surface area contributed by atoms with Crippen LogP contribution in [0.25, 0.3) is 0 Å². The first-order valence-electron chi connectivity index (χ1n) is 10.5. The van der Waals surface area contributed by atoms with Gasteiger partial charge in [0.15, 0.2) is 11.5 Å². The summed E-state index contributed by atoms with van der Waals surface area (Å²) in [5, 5.41) is 2.41. The SMILES string of the molecule is COc1ccc(CN2CCN(Cc3csc4c3CCCC4)CC2)c(OC)c1OC. The highest BCUT2D eigenvalue weighted by Crippen LogP contribution is 2.40. The van der Waals surface area contributed by atoms with E-state index >= 15 is 0 Å². The van der Waals surface area contributed by atoms with E-state index in [2.05, 4.69) is 21.2 Å². The van der Waals surface area contributed by atoms with E-state index in [1.54, 1.807) is 37.3 Å². The molecule has 0 saturated carbocycles. The molecule has 0 bridgehead atoms. The molecule has 0 N–H and O–H groups in total. The van der Waals surface area contributed by atoms with E-state index in [1.165, 1.54) is 25.7 Å². The van der Waals surface area contributed by atoms with Crippen LogP contribution in [-0.2, 0) is 25.9 Å². The van der Waals surface area contributed by atoms with E-state index in [1.807, 2.05) is 17.4 Å². The number of fused-ring (bicyclic) bond motifs is 1. The second-order valence-corrected chi connectivity index (χ2v) is 8.88. The van der Waals surface area contributed by atoms with Crippen molar-refractivity contribution in [1.29, 1.82) is 0 Å². The molecule has 2 aromatic rings. The Kier molecular flexibility index (Phi) is 6.63. The molecule has 6 heteroatoms. The molecule has 1 aromatic carbocycles. The minimum Gasteiger partial charge on any atom is -0.493 e. The van der Waals surface area contributed by atoms with Gasteiger partial charge in [-0.25, -0.2) is 0 Å². The van der Waals surface area contributed by atoms with E-state index in [9.17, 15) is 0 Å². The third-order valence-electron chi connectivity index (χ3n) is 6.19. The minimum atomic E-state index is 0.674. The molecular weight excluding hydrogens is 384 g/mol. The van der Waals surface area contributed by atoms with Gasteiger partial charge >= 0.3 is 0 Å². The van der Waals surface area contributed by atoms with Crippen LogP contribution in [0, 0.1) is 0 Å². The Morgan fingerprint density at radius 1 is 0.793 bits per heavy atom. The number of hydrogen-bond donors (Lipinski definition) is 0. The van der Waals surface area contributed by atoms with Crippen molar-refractivity contribution in [1.82, 2.24) is 9.80 Å². The van der Waals surface area contributed by atoms with Crippen LogP contribution in [0.3, 0.4) is 0 Å². The minimum absolute atomic E-state index is 0.674. The van der Waals surface area contributed by atoms with Crippen LogP contribution in [0.1, 0.15) is 34.4 Å². The van der Waals surface area contributed by atoms with Gasteiger partial charge in [0.25, 0.3) is 0 Å². The average Bonchev–Trinajstić information content (AvgIpc) is 3.17. The van der Waals surface area contributed by atoms with E-state index in [-0.39, 0.29) is 0 Å². The second kappa shape index (κ2) is 9.37. The quantitative estimate of drug-likeness (QED) is 0.682. The van der Waals surface area contributed by atoms with Crippen LogP contribution in [0.5, 0.6) is 17.2 Å². The molecular formula is C23H32N2O3S. The molecule has 5 nitrogen and oxygen atoms in total. The molecule has 1 fully saturated rings. The Hall–Kier alpha value is -1.76. The Balaban J connectivity index is 1.36. The number of methoxy groups -OCH3 is 3. The van der Waals surface area contributed by atoms with Crippen LogP contribution in [-0.4, -0.2) is 57.3 Å². The number of aryl methyl sites for hydroxylation is 1. The van der Waals surface area contributed by atoms with Gasteiger partial charge in [0.2, 0.25) is 5.75 Å².